The highest BCUT2D eigenvalue weighted by Gasteiger charge is 2.34. The summed E-state index contributed by atoms with van der Waals surface area (Å²) in [5, 5.41) is 0. The van der Waals surface area contributed by atoms with Crippen LogP contribution < -0.4 is 0 Å². The Kier molecular flexibility index (Phi) is 5.10. The van der Waals surface area contributed by atoms with E-state index < -0.39 is 12.7 Å². The molecule has 0 spiro atoms. The first kappa shape index (κ1) is 19.5. The molecule has 1 atom stereocenters. The maximum Gasteiger partial charge on any atom is 0.406 e. The number of amides is 1. The van der Waals surface area contributed by atoms with E-state index in [4.69, 9.17) is 0 Å². The fourth-order valence-electron chi connectivity index (χ4n) is 3.92. The number of hydrogen-bond donors (Lipinski definition) is 0. The second kappa shape index (κ2) is 7.06. The van der Waals surface area contributed by atoms with Crippen molar-refractivity contribution < 1.29 is 18.0 Å². The van der Waals surface area contributed by atoms with Crippen molar-refractivity contribution in [2.75, 3.05) is 6.54 Å². The van der Waals surface area contributed by atoms with Gasteiger partial charge in [-0.1, -0.05) is 18.2 Å². The maximum absolute atomic E-state index is 13.2. The van der Waals surface area contributed by atoms with Gasteiger partial charge in [-0.15, -0.1) is 0 Å². The predicted octanol–water partition coefficient (Wildman–Crippen LogP) is 5.26. The van der Waals surface area contributed by atoms with Gasteiger partial charge in [0.15, 0.2) is 0 Å². The lowest BCUT2D eigenvalue weighted by atomic mass is 9.99. The summed E-state index contributed by atoms with van der Waals surface area (Å²) in [6.07, 6.45) is -2.55. The van der Waals surface area contributed by atoms with Crippen molar-refractivity contribution >= 4 is 5.91 Å². The summed E-state index contributed by atoms with van der Waals surface area (Å²) in [5.74, 6) is -0.183. The van der Waals surface area contributed by atoms with Crippen LogP contribution in [0.25, 0.3) is 0 Å². The van der Waals surface area contributed by atoms with Crippen LogP contribution in [0.1, 0.15) is 57.3 Å². The third-order valence-electron chi connectivity index (χ3n) is 5.57. The number of aromatic nitrogens is 1. The van der Waals surface area contributed by atoms with E-state index >= 15 is 0 Å². The molecule has 1 fully saturated rings. The molecule has 1 aromatic carbocycles. The van der Waals surface area contributed by atoms with Gasteiger partial charge < -0.3 is 9.47 Å². The fourth-order valence-corrected chi connectivity index (χ4v) is 3.92. The normalized spacial score (nSPS) is 17.6. The van der Waals surface area contributed by atoms with Gasteiger partial charge in [0.25, 0.3) is 5.91 Å². The third kappa shape index (κ3) is 3.89. The van der Waals surface area contributed by atoms with E-state index in [2.05, 4.69) is 12.1 Å². The van der Waals surface area contributed by atoms with Crippen LogP contribution in [0.15, 0.2) is 24.3 Å². The van der Waals surface area contributed by atoms with Crippen LogP contribution >= 0.6 is 0 Å². The monoisotopic (exact) mass is 378 g/mol. The maximum atomic E-state index is 13.2. The largest absolute Gasteiger partial charge is 0.406 e. The smallest absolute Gasteiger partial charge is 0.339 e. The van der Waals surface area contributed by atoms with E-state index in [0.29, 0.717) is 23.5 Å². The van der Waals surface area contributed by atoms with Gasteiger partial charge in [0.2, 0.25) is 0 Å². The number of alkyl halides is 3. The molecule has 0 bridgehead atoms. The molecule has 0 unspecified atom stereocenters. The average molecular weight is 378 g/mol. The Morgan fingerprint density at radius 3 is 2.44 bits per heavy atom. The van der Waals surface area contributed by atoms with Crippen molar-refractivity contribution in [3.63, 3.8) is 0 Å². The summed E-state index contributed by atoms with van der Waals surface area (Å²) in [5.41, 5.74) is 4.66. The number of likely N-dealkylation sites (tertiary alicyclic amines) is 1. The number of hydrogen-bond acceptors (Lipinski definition) is 1. The van der Waals surface area contributed by atoms with E-state index in [1.807, 2.05) is 24.8 Å². The highest BCUT2D eigenvalue weighted by Crippen LogP contribution is 2.35. The van der Waals surface area contributed by atoms with Gasteiger partial charge in [-0.2, -0.15) is 13.2 Å². The van der Waals surface area contributed by atoms with Gasteiger partial charge in [-0.05, 0) is 63.3 Å². The number of carbonyl (C=O) groups excluding carboxylic acids is 1. The zero-order valence-corrected chi connectivity index (χ0v) is 16.2. The van der Waals surface area contributed by atoms with E-state index in [1.165, 1.54) is 15.7 Å². The highest BCUT2D eigenvalue weighted by atomic mass is 19.4. The Bertz CT molecular complexity index is 867. The van der Waals surface area contributed by atoms with E-state index in [9.17, 15) is 18.0 Å². The van der Waals surface area contributed by atoms with Crippen molar-refractivity contribution in [2.45, 2.75) is 59.3 Å². The molecule has 146 valence electrons. The van der Waals surface area contributed by atoms with Crippen LogP contribution in [0.4, 0.5) is 13.2 Å². The van der Waals surface area contributed by atoms with Gasteiger partial charge in [0.1, 0.15) is 6.54 Å². The van der Waals surface area contributed by atoms with Crippen LogP contribution in [0.2, 0.25) is 0 Å². The first-order chi connectivity index (χ1) is 12.6. The molecule has 6 heteroatoms. The van der Waals surface area contributed by atoms with Crippen molar-refractivity contribution in [1.82, 2.24) is 9.47 Å². The quantitative estimate of drug-likeness (QED) is 0.715. The molecule has 0 radical (unpaired) electrons. The minimum atomic E-state index is -4.32. The SMILES string of the molecule is Cc1ccc([C@H]2CCCN2C(=O)c2cc(C)n(CC(F)(F)F)c2C)cc1C. The Morgan fingerprint density at radius 2 is 1.81 bits per heavy atom. The van der Waals surface area contributed by atoms with Crippen molar-refractivity contribution in [3.05, 3.63) is 57.9 Å². The van der Waals surface area contributed by atoms with Crippen LogP contribution in [0.5, 0.6) is 0 Å². The zero-order chi connectivity index (χ0) is 19.9. The number of nitrogens with zero attached hydrogens (tertiary/aromatic N) is 2. The molecule has 0 saturated carbocycles. The fraction of sp³-hybridized carbons (Fsp3) is 0.476. The zero-order valence-electron chi connectivity index (χ0n) is 16.2. The van der Waals surface area contributed by atoms with Crippen molar-refractivity contribution in [2.24, 2.45) is 0 Å². The summed E-state index contributed by atoms with van der Waals surface area (Å²) < 4.78 is 39.7. The molecule has 0 aliphatic carbocycles. The van der Waals surface area contributed by atoms with Gasteiger partial charge in [-0.3, -0.25) is 4.79 Å². The lowest BCUT2D eigenvalue weighted by Crippen LogP contribution is -2.31. The number of rotatable bonds is 3. The molecule has 2 aromatic rings. The second-order valence-corrected chi connectivity index (χ2v) is 7.49. The third-order valence-corrected chi connectivity index (χ3v) is 5.57. The van der Waals surface area contributed by atoms with Crippen molar-refractivity contribution in [1.29, 1.82) is 0 Å². The Labute approximate surface area is 157 Å². The molecule has 1 aromatic heterocycles. The minimum absolute atomic E-state index is 0.0255. The summed E-state index contributed by atoms with van der Waals surface area (Å²) in [7, 11) is 0. The average Bonchev–Trinajstić information content (AvgIpc) is 3.16. The molecule has 27 heavy (non-hydrogen) atoms. The summed E-state index contributed by atoms with van der Waals surface area (Å²) >= 11 is 0. The molecular formula is C21H25F3N2O. The molecular weight excluding hydrogens is 353 g/mol. The molecule has 1 saturated heterocycles. The Hall–Kier alpha value is -2.24. The summed E-state index contributed by atoms with van der Waals surface area (Å²) in [6.45, 7) is 6.85. The summed E-state index contributed by atoms with van der Waals surface area (Å²) in [4.78, 5) is 15.0. The molecule has 3 nitrogen and oxygen atoms in total. The van der Waals surface area contributed by atoms with Gasteiger partial charge >= 0.3 is 6.18 Å². The van der Waals surface area contributed by atoms with E-state index in [0.717, 1.165) is 18.4 Å². The number of benzene rings is 1. The van der Waals surface area contributed by atoms with Crippen LogP contribution in [-0.4, -0.2) is 28.1 Å². The molecule has 1 aliphatic rings. The molecule has 3 rings (SSSR count). The van der Waals surface area contributed by atoms with Crippen LogP contribution in [-0.2, 0) is 6.54 Å². The van der Waals surface area contributed by atoms with Crippen molar-refractivity contribution in [3.8, 4) is 0 Å². The lowest BCUT2D eigenvalue weighted by Gasteiger charge is -2.26. The van der Waals surface area contributed by atoms with Gasteiger partial charge in [0.05, 0.1) is 11.6 Å². The first-order valence-corrected chi connectivity index (χ1v) is 9.20. The predicted molar refractivity (Wildman–Crippen MR) is 98.9 cm³/mol. The van der Waals surface area contributed by atoms with Crippen LogP contribution in [0, 0.1) is 27.7 Å². The minimum Gasteiger partial charge on any atom is -0.339 e. The lowest BCUT2D eigenvalue weighted by molar-refractivity contribution is -0.141. The number of carbonyl (C=O) groups is 1. The molecule has 1 aliphatic heterocycles. The highest BCUT2D eigenvalue weighted by molar-refractivity contribution is 5.96. The molecule has 0 N–H and O–H groups in total. The standard InChI is InChI=1S/C21H25F3N2O/c1-13-7-8-17(10-14(13)2)19-6-5-9-25(19)20(27)18-11-15(3)26(16(18)4)12-21(22,23)24/h7-8,10-11,19H,5-6,9,12H2,1-4H3/t19-/m1/s1. The second-order valence-electron chi connectivity index (χ2n) is 7.49. The van der Waals surface area contributed by atoms with Gasteiger partial charge in [0, 0.05) is 17.9 Å². The summed E-state index contributed by atoms with van der Waals surface area (Å²) in [6, 6.07) is 7.77. The molecule has 1 amide bonds. The molecule has 2 heterocycles. The Balaban J connectivity index is 1.91. The number of aryl methyl sites for hydroxylation is 3. The van der Waals surface area contributed by atoms with E-state index in [1.54, 1.807) is 19.9 Å². The Morgan fingerprint density at radius 1 is 1.11 bits per heavy atom. The topological polar surface area (TPSA) is 25.2 Å². The van der Waals surface area contributed by atoms with Crippen LogP contribution in [0.3, 0.4) is 0 Å². The van der Waals surface area contributed by atoms with Gasteiger partial charge in [-0.25, -0.2) is 0 Å². The number of halogens is 3. The van der Waals surface area contributed by atoms with E-state index in [-0.39, 0.29) is 11.9 Å². The first-order valence-electron chi connectivity index (χ1n) is 9.20.